The van der Waals surface area contributed by atoms with E-state index in [9.17, 15) is 0 Å². The number of H-pyrrole nitrogens is 1. The van der Waals surface area contributed by atoms with Gasteiger partial charge >= 0.3 is 0 Å². The maximum Gasteiger partial charge on any atom is 0.0945 e. The lowest BCUT2D eigenvalue weighted by Crippen LogP contribution is -2.27. The monoisotopic (exact) mass is 194 g/mol. The van der Waals surface area contributed by atoms with Gasteiger partial charge < -0.3 is 15.0 Å². The van der Waals surface area contributed by atoms with Crippen LogP contribution in [0, 0.1) is 0 Å². The van der Waals surface area contributed by atoms with E-state index >= 15 is 0 Å². The summed E-state index contributed by atoms with van der Waals surface area (Å²) in [6.45, 7) is 4.05. The molecule has 1 aromatic heterocycles. The van der Waals surface area contributed by atoms with Crippen molar-refractivity contribution >= 4 is 0 Å². The topological polar surface area (TPSA) is 37.0 Å². The molecule has 1 aromatic rings. The van der Waals surface area contributed by atoms with E-state index in [2.05, 4.69) is 23.3 Å². The van der Waals surface area contributed by atoms with Crippen molar-refractivity contribution in [3.8, 4) is 0 Å². The van der Waals surface area contributed by atoms with Crippen LogP contribution in [-0.2, 0) is 4.74 Å². The van der Waals surface area contributed by atoms with Crippen LogP contribution in [0.25, 0.3) is 0 Å². The van der Waals surface area contributed by atoms with Gasteiger partial charge in [0.1, 0.15) is 0 Å². The first-order chi connectivity index (χ1) is 6.86. The van der Waals surface area contributed by atoms with E-state index in [0.29, 0.717) is 6.04 Å². The predicted octanol–water partition coefficient (Wildman–Crippen LogP) is 1.84. The zero-order chi connectivity index (χ0) is 9.80. The molecule has 14 heavy (non-hydrogen) atoms. The molecule has 78 valence electrons. The highest BCUT2D eigenvalue weighted by Crippen LogP contribution is 2.15. The molecule has 1 saturated heterocycles. The van der Waals surface area contributed by atoms with Crippen molar-refractivity contribution < 1.29 is 4.74 Å². The highest BCUT2D eigenvalue weighted by Gasteiger charge is 2.15. The maximum atomic E-state index is 5.78. The highest BCUT2D eigenvalue weighted by molar-refractivity contribution is 5.06. The molecule has 2 N–H and O–H groups in total. The number of nitrogens with one attached hydrogen (secondary N) is 2. The molecular weight excluding hydrogens is 176 g/mol. The van der Waals surface area contributed by atoms with Crippen LogP contribution in [0.1, 0.15) is 31.6 Å². The first kappa shape index (κ1) is 9.74. The minimum absolute atomic E-state index is 0.174. The zero-order valence-corrected chi connectivity index (χ0v) is 8.62. The third-order valence-corrected chi connectivity index (χ3v) is 2.77. The standard InChI is InChI=1S/C11H18N2O/c1-9(11-5-3-7-13-11)14-8-10-4-2-6-12-10/h3,5,7,9-10,12-13H,2,4,6,8H2,1H3/t9-,10-/m0/s1. The number of rotatable bonds is 4. The van der Waals surface area contributed by atoms with Crippen molar-refractivity contribution in [3.63, 3.8) is 0 Å². The minimum atomic E-state index is 0.174. The van der Waals surface area contributed by atoms with Crippen LogP contribution in [0.4, 0.5) is 0 Å². The SMILES string of the molecule is C[C@H](OC[C@@H]1CCCN1)c1ccc[nH]1. The van der Waals surface area contributed by atoms with Crippen molar-refractivity contribution in [2.75, 3.05) is 13.2 Å². The molecule has 0 saturated carbocycles. The van der Waals surface area contributed by atoms with Crippen LogP contribution >= 0.6 is 0 Å². The van der Waals surface area contributed by atoms with Crippen molar-refractivity contribution in [1.29, 1.82) is 0 Å². The van der Waals surface area contributed by atoms with Gasteiger partial charge in [0.25, 0.3) is 0 Å². The molecule has 2 rings (SSSR count). The molecular formula is C11H18N2O. The number of ether oxygens (including phenoxy) is 1. The number of hydrogen-bond donors (Lipinski definition) is 2. The molecule has 0 bridgehead atoms. The quantitative estimate of drug-likeness (QED) is 0.767. The second-order valence-electron chi connectivity index (χ2n) is 3.89. The largest absolute Gasteiger partial charge is 0.371 e. The molecule has 1 aliphatic heterocycles. The van der Waals surface area contributed by atoms with E-state index in [1.807, 2.05) is 12.3 Å². The van der Waals surface area contributed by atoms with Gasteiger partial charge in [0, 0.05) is 17.9 Å². The number of hydrogen-bond acceptors (Lipinski definition) is 2. The summed E-state index contributed by atoms with van der Waals surface area (Å²) in [5.74, 6) is 0. The highest BCUT2D eigenvalue weighted by atomic mass is 16.5. The molecule has 0 aromatic carbocycles. The molecule has 0 unspecified atom stereocenters. The van der Waals surface area contributed by atoms with E-state index in [4.69, 9.17) is 4.74 Å². The van der Waals surface area contributed by atoms with E-state index in [0.717, 1.165) is 18.8 Å². The molecule has 1 fully saturated rings. The molecule has 0 radical (unpaired) electrons. The second kappa shape index (κ2) is 4.62. The lowest BCUT2D eigenvalue weighted by Gasteiger charge is -2.15. The van der Waals surface area contributed by atoms with Crippen molar-refractivity contribution in [1.82, 2.24) is 10.3 Å². The Balaban J connectivity index is 1.74. The summed E-state index contributed by atoms with van der Waals surface area (Å²) in [6.07, 6.45) is 4.64. The Morgan fingerprint density at radius 1 is 1.64 bits per heavy atom. The van der Waals surface area contributed by atoms with Crippen LogP contribution in [0.3, 0.4) is 0 Å². The molecule has 2 heterocycles. The lowest BCUT2D eigenvalue weighted by molar-refractivity contribution is 0.0502. The summed E-state index contributed by atoms with van der Waals surface area (Å²) in [5.41, 5.74) is 1.16. The van der Waals surface area contributed by atoms with Gasteiger partial charge in [-0.15, -0.1) is 0 Å². The van der Waals surface area contributed by atoms with Gasteiger partial charge in [0.05, 0.1) is 12.7 Å². The van der Waals surface area contributed by atoms with E-state index in [-0.39, 0.29) is 6.10 Å². The summed E-state index contributed by atoms with van der Waals surface area (Å²) in [5, 5.41) is 3.42. The van der Waals surface area contributed by atoms with Gasteiger partial charge in [0.15, 0.2) is 0 Å². The van der Waals surface area contributed by atoms with Crippen LogP contribution in [0.15, 0.2) is 18.3 Å². The number of aromatic nitrogens is 1. The Labute approximate surface area is 84.9 Å². The minimum Gasteiger partial charge on any atom is -0.371 e. The lowest BCUT2D eigenvalue weighted by atomic mass is 10.2. The van der Waals surface area contributed by atoms with Crippen LogP contribution < -0.4 is 5.32 Å². The fraction of sp³-hybridized carbons (Fsp3) is 0.636. The second-order valence-corrected chi connectivity index (χ2v) is 3.89. The normalized spacial score (nSPS) is 23.9. The van der Waals surface area contributed by atoms with Gasteiger partial charge in [-0.3, -0.25) is 0 Å². The third-order valence-electron chi connectivity index (χ3n) is 2.77. The predicted molar refractivity (Wildman–Crippen MR) is 56.2 cm³/mol. The average molecular weight is 194 g/mol. The van der Waals surface area contributed by atoms with Crippen LogP contribution in [0.2, 0.25) is 0 Å². The van der Waals surface area contributed by atoms with Gasteiger partial charge in [-0.1, -0.05) is 0 Å². The molecule has 3 heteroatoms. The summed E-state index contributed by atoms with van der Waals surface area (Å²) in [4.78, 5) is 3.17. The van der Waals surface area contributed by atoms with Crippen molar-refractivity contribution in [3.05, 3.63) is 24.0 Å². The first-order valence-corrected chi connectivity index (χ1v) is 5.34. The first-order valence-electron chi connectivity index (χ1n) is 5.34. The Hall–Kier alpha value is -0.800. The summed E-state index contributed by atoms with van der Waals surface area (Å²) in [7, 11) is 0. The molecule has 0 aliphatic carbocycles. The Kier molecular flexibility index (Phi) is 3.22. The van der Waals surface area contributed by atoms with E-state index in [1.54, 1.807) is 0 Å². The Bertz CT molecular complexity index is 252. The summed E-state index contributed by atoms with van der Waals surface area (Å²) < 4.78 is 5.78. The van der Waals surface area contributed by atoms with Gasteiger partial charge in [-0.25, -0.2) is 0 Å². The Morgan fingerprint density at radius 3 is 3.21 bits per heavy atom. The van der Waals surface area contributed by atoms with Crippen LogP contribution in [-0.4, -0.2) is 24.2 Å². The molecule has 0 spiro atoms. The summed E-state index contributed by atoms with van der Waals surface area (Å²) in [6, 6.07) is 4.63. The fourth-order valence-electron chi connectivity index (χ4n) is 1.85. The van der Waals surface area contributed by atoms with Gasteiger partial charge in [-0.05, 0) is 38.4 Å². The zero-order valence-electron chi connectivity index (χ0n) is 8.62. The van der Waals surface area contributed by atoms with E-state index in [1.165, 1.54) is 12.8 Å². The molecule has 1 aliphatic rings. The average Bonchev–Trinajstić information content (AvgIpc) is 2.87. The molecule has 0 amide bonds. The maximum absolute atomic E-state index is 5.78. The van der Waals surface area contributed by atoms with Gasteiger partial charge in [-0.2, -0.15) is 0 Å². The van der Waals surface area contributed by atoms with E-state index < -0.39 is 0 Å². The molecule has 3 nitrogen and oxygen atoms in total. The molecule has 2 atom stereocenters. The van der Waals surface area contributed by atoms with Crippen LogP contribution in [0.5, 0.6) is 0 Å². The third kappa shape index (κ3) is 2.36. The fourth-order valence-corrected chi connectivity index (χ4v) is 1.85. The Morgan fingerprint density at radius 2 is 2.57 bits per heavy atom. The van der Waals surface area contributed by atoms with Crippen molar-refractivity contribution in [2.45, 2.75) is 31.9 Å². The van der Waals surface area contributed by atoms with Gasteiger partial charge in [0.2, 0.25) is 0 Å². The summed E-state index contributed by atoms with van der Waals surface area (Å²) >= 11 is 0. The number of aromatic amines is 1. The van der Waals surface area contributed by atoms with Crippen molar-refractivity contribution in [2.24, 2.45) is 0 Å². The smallest absolute Gasteiger partial charge is 0.0945 e.